The monoisotopic (exact) mass is 375 g/mol. The van der Waals surface area contributed by atoms with Crippen molar-refractivity contribution in [3.8, 4) is 0 Å². The van der Waals surface area contributed by atoms with Crippen molar-refractivity contribution in [1.82, 2.24) is 14.9 Å². The summed E-state index contributed by atoms with van der Waals surface area (Å²) < 4.78 is 31.9. The van der Waals surface area contributed by atoms with Crippen LogP contribution in [-0.2, 0) is 30.9 Å². The second-order valence-electron chi connectivity index (χ2n) is 5.38. The van der Waals surface area contributed by atoms with E-state index in [1.807, 2.05) is 0 Å². The van der Waals surface area contributed by atoms with Gasteiger partial charge in [0, 0.05) is 24.9 Å². The van der Waals surface area contributed by atoms with Gasteiger partial charge in [-0.15, -0.1) is 11.3 Å². The van der Waals surface area contributed by atoms with Crippen molar-refractivity contribution in [3.63, 3.8) is 0 Å². The third-order valence-corrected chi connectivity index (χ3v) is 6.90. The number of hydrogen-bond acceptors (Lipinski definition) is 6. The number of hydrogen-bond donors (Lipinski definition) is 2. The van der Waals surface area contributed by atoms with Crippen LogP contribution in [0.1, 0.15) is 18.7 Å². The van der Waals surface area contributed by atoms with E-state index in [0.717, 1.165) is 16.2 Å². The van der Waals surface area contributed by atoms with Crippen LogP contribution >= 0.6 is 11.3 Å². The van der Waals surface area contributed by atoms with Gasteiger partial charge in [0.05, 0.1) is 19.8 Å². The van der Waals surface area contributed by atoms with Gasteiger partial charge in [0.2, 0.25) is 11.8 Å². The van der Waals surface area contributed by atoms with Crippen LogP contribution in [0.25, 0.3) is 0 Å². The molecule has 8 nitrogen and oxygen atoms in total. The van der Waals surface area contributed by atoms with Crippen molar-refractivity contribution in [2.24, 2.45) is 0 Å². The molecular formula is C14H21N3O5S2. The molecule has 10 heteroatoms. The molecule has 1 aromatic rings. The number of nitrogens with one attached hydrogen (secondary N) is 2. The number of rotatable bonds is 6. The van der Waals surface area contributed by atoms with Crippen LogP contribution < -0.4 is 10.6 Å². The summed E-state index contributed by atoms with van der Waals surface area (Å²) in [7, 11) is -3.51. The zero-order valence-electron chi connectivity index (χ0n) is 13.6. The van der Waals surface area contributed by atoms with Gasteiger partial charge in [-0.1, -0.05) is 0 Å². The fourth-order valence-electron chi connectivity index (χ4n) is 2.20. The number of carbonyl (C=O) groups excluding carboxylic acids is 2. The highest BCUT2D eigenvalue weighted by atomic mass is 32.2. The lowest BCUT2D eigenvalue weighted by molar-refractivity contribution is -0.127. The average Bonchev–Trinajstić information content (AvgIpc) is 3.02. The molecule has 0 radical (unpaired) electrons. The molecule has 1 aromatic heterocycles. The topological polar surface area (TPSA) is 105 Å². The molecule has 0 aliphatic carbocycles. The summed E-state index contributed by atoms with van der Waals surface area (Å²) in [5, 5.41) is 5.17. The molecule has 0 bridgehead atoms. The van der Waals surface area contributed by atoms with Crippen molar-refractivity contribution in [3.05, 3.63) is 17.0 Å². The van der Waals surface area contributed by atoms with E-state index in [9.17, 15) is 18.0 Å². The van der Waals surface area contributed by atoms with Crippen LogP contribution in [0.4, 0.5) is 0 Å². The first-order chi connectivity index (χ1) is 11.3. The lowest BCUT2D eigenvalue weighted by Gasteiger charge is -2.25. The fraction of sp³-hybridized carbons (Fsp3) is 0.571. The number of sulfonamides is 1. The van der Waals surface area contributed by atoms with Crippen molar-refractivity contribution in [2.75, 3.05) is 26.3 Å². The second kappa shape index (κ2) is 8.06. The highest BCUT2D eigenvalue weighted by Gasteiger charge is 2.27. The van der Waals surface area contributed by atoms with E-state index in [2.05, 4.69) is 10.6 Å². The SMILES string of the molecule is CC(=O)N[C@H](C)C(=O)NCc1ccc(S(=O)(=O)N2CCOCC2)s1. The molecule has 0 aromatic carbocycles. The maximum absolute atomic E-state index is 12.5. The summed E-state index contributed by atoms with van der Waals surface area (Å²) in [6.45, 7) is 4.63. The van der Waals surface area contributed by atoms with Crippen molar-refractivity contribution >= 4 is 33.2 Å². The first-order valence-electron chi connectivity index (χ1n) is 7.52. The Morgan fingerprint density at radius 1 is 1.33 bits per heavy atom. The summed E-state index contributed by atoms with van der Waals surface area (Å²) in [5.74, 6) is -0.608. The van der Waals surface area contributed by atoms with Crippen LogP contribution in [0.15, 0.2) is 16.3 Å². The highest BCUT2D eigenvalue weighted by molar-refractivity contribution is 7.91. The standard InChI is InChI=1S/C14H21N3O5S2/c1-10(16-11(2)18)14(19)15-9-12-3-4-13(23-12)24(20,21)17-5-7-22-8-6-17/h3-4,10H,5-9H2,1-2H3,(H,15,19)(H,16,18)/t10-/m1/s1. The summed E-state index contributed by atoms with van der Waals surface area (Å²) in [6, 6.07) is 2.59. The predicted molar refractivity (Wildman–Crippen MR) is 89.0 cm³/mol. The molecular weight excluding hydrogens is 354 g/mol. The Hall–Kier alpha value is -1.49. The lowest BCUT2D eigenvalue weighted by Crippen LogP contribution is -2.43. The summed E-state index contributed by atoms with van der Waals surface area (Å²) in [5.41, 5.74) is 0. The molecule has 0 spiro atoms. The third-order valence-electron chi connectivity index (χ3n) is 3.45. The molecule has 1 saturated heterocycles. The van der Waals surface area contributed by atoms with Crippen LogP contribution in [0.5, 0.6) is 0 Å². The number of morpholine rings is 1. The Kier molecular flexibility index (Phi) is 6.33. The third kappa shape index (κ3) is 4.76. The largest absolute Gasteiger partial charge is 0.379 e. The van der Waals surface area contributed by atoms with Gasteiger partial charge >= 0.3 is 0 Å². The first-order valence-corrected chi connectivity index (χ1v) is 9.78. The van der Waals surface area contributed by atoms with Gasteiger partial charge in [-0.25, -0.2) is 8.42 Å². The van der Waals surface area contributed by atoms with E-state index < -0.39 is 16.1 Å². The summed E-state index contributed by atoms with van der Waals surface area (Å²) >= 11 is 1.13. The number of thiophene rings is 1. The molecule has 2 heterocycles. The highest BCUT2D eigenvalue weighted by Crippen LogP contribution is 2.25. The molecule has 1 aliphatic rings. The van der Waals surface area contributed by atoms with E-state index in [-0.39, 0.29) is 22.6 Å². The Morgan fingerprint density at radius 2 is 2.00 bits per heavy atom. The van der Waals surface area contributed by atoms with Gasteiger partial charge in [-0.2, -0.15) is 4.31 Å². The molecule has 134 valence electrons. The molecule has 1 fully saturated rings. The number of carbonyl (C=O) groups is 2. The van der Waals surface area contributed by atoms with Crippen molar-refractivity contribution in [2.45, 2.75) is 30.6 Å². The van der Waals surface area contributed by atoms with Gasteiger partial charge in [-0.05, 0) is 19.1 Å². The fourth-order valence-corrected chi connectivity index (χ4v) is 5.06. The second-order valence-corrected chi connectivity index (χ2v) is 8.71. The molecule has 0 unspecified atom stereocenters. The maximum atomic E-state index is 12.5. The van der Waals surface area contributed by atoms with Crippen LogP contribution in [0.3, 0.4) is 0 Å². The smallest absolute Gasteiger partial charge is 0.252 e. The quantitative estimate of drug-likeness (QED) is 0.723. The Balaban J connectivity index is 1.95. The van der Waals surface area contributed by atoms with E-state index in [4.69, 9.17) is 4.74 Å². The molecule has 2 amide bonds. The Bertz CT molecular complexity index is 695. The molecule has 24 heavy (non-hydrogen) atoms. The zero-order valence-corrected chi connectivity index (χ0v) is 15.2. The van der Waals surface area contributed by atoms with E-state index in [1.54, 1.807) is 19.1 Å². The normalized spacial score (nSPS) is 17.2. The predicted octanol–water partition coefficient (Wildman–Crippen LogP) is -0.0902. The minimum atomic E-state index is -3.51. The summed E-state index contributed by atoms with van der Waals surface area (Å²) in [6.07, 6.45) is 0. The average molecular weight is 375 g/mol. The molecule has 1 aliphatic heterocycles. The van der Waals surface area contributed by atoms with E-state index >= 15 is 0 Å². The zero-order chi connectivity index (χ0) is 17.7. The first kappa shape index (κ1) is 18.8. The molecule has 2 N–H and O–H groups in total. The minimum Gasteiger partial charge on any atom is -0.379 e. The van der Waals surface area contributed by atoms with Crippen molar-refractivity contribution in [1.29, 1.82) is 0 Å². The maximum Gasteiger partial charge on any atom is 0.252 e. The van der Waals surface area contributed by atoms with Gasteiger partial charge in [0.1, 0.15) is 10.3 Å². The van der Waals surface area contributed by atoms with Gasteiger partial charge in [0.25, 0.3) is 10.0 Å². The Labute approximate surface area is 145 Å². The van der Waals surface area contributed by atoms with Crippen LogP contribution in [0.2, 0.25) is 0 Å². The van der Waals surface area contributed by atoms with Crippen molar-refractivity contribution < 1.29 is 22.7 Å². The number of nitrogens with zero attached hydrogens (tertiary/aromatic N) is 1. The van der Waals surface area contributed by atoms with E-state index in [0.29, 0.717) is 26.3 Å². The van der Waals surface area contributed by atoms with Crippen LogP contribution in [-0.4, -0.2) is 56.9 Å². The summed E-state index contributed by atoms with van der Waals surface area (Å²) in [4.78, 5) is 23.5. The van der Waals surface area contributed by atoms with Gasteiger partial charge < -0.3 is 15.4 Å². The molecule has 0 saturated carbocycles. The van der Waals surface area contributed by atoms with E-state index in [1.165, 1.54) is 11.2 Å². The molecule has 2 rings (SSSR count). The number of ether oxygens (including phenoxy) is 1. The number of amides is 2. The Morgan fingerprint density at radius 3 is 2.62 bits per heavy atom. The lowest BCUT2D eigenvalue weighted by atomic mass is 10.3. The van der Waals surface area contributed by atoms with Crippen LogP contribution in [0, 0.1) is 0 Å². The minimum absolute atomic E-state index is 0.214. The molecule has 1 atom stereocenters. The van der Waals surface area contributed by atoms with Gasteiger partial charge in [-0.3, -0.25) is 9.59 Å². The van der Waals surface area contributed by atoms with Gasteiger partial charge in [0.15, 0.2) is 0 Å².